The van der Waals surface area contributed by atoms with Gasteiger partial charge in [0.1, 0.15) is 5.75 Å². The van der Waals surface area contributed by atoms with Crippen molar-refractivity contribution in [2.45, 2.75) is 20.3 Å². The van der Waals surface area contributed by atoms with Gasteiger partial charge in [-0.15, -0.1) is 0 Å². The van der Waals surface area contributed by atoms with E-state index in [9.17, 15) is 4.79 Å². The fraction of sp³-hybridized carbons (Fsp3) is 0.462. The summed E-state index contributed by atoms with van der Waals surface area (Å²) in [5, 5.41) is 0. The summed E-state index contributed by atoms with van der Waals surface area (Å²) in [4.78, 5) is 11.3. The fourth-order valence-corrected chi connectivity index (χ4v) is 1.10. The van der Waals surface area contributed by atoms with Gasteiger partial charge in [0, 0.05) is 5.69 Å². The summed E-state index contributed by atoms with van der Waals surface area (Å²) in [5.41, 5.74) is 6.20. The molecule has 94 valence electrons. The van der Waals surface area contributed by atoms with Crippen LogP contribution in [0.5, 0.6) is 5.75 Å². The van der Waals surface area contributed by atoms with Crippen molar-refractivity contribution in [1.29, 1.82) is 0 Å². The second-order valence-corrected chi connectivity index (χ2v) is 4.05. The summed E-state index contributed by atoms with van der Waals surface area (Å²) in [5.74, 6) is 0.650. The normalized spacial score (nSPS) is 11.9. The van der Waals surface area contributed by atoms with E-state index in [4.69, 9.17) is 15.2 Å². The largest absolute Gasteiger partial charge is 0.482 e. The molecule has 0 heterocycles. The molecule has 0 aromatic heterocycles. The Kier molecular flexibility index (Phi) is 5.33. The molecule has 4 nitrogen and oxygen atoms in total. The molecule has 2 N–H and O–H groups in total. The van der Waals surface area contributed by atoms with Gasteiger partial charge in [-0.2, -0.15) is 0 Å². The van der Waals surface area contributed by atoms with Crippen molar-refractivity contribution in [2.24, 2.45) is 5.92 Å². The summed E-state index contributed by atoms with van der Waals surface area (Å²) < 4.78 is 10.3. The lowest BCUT2D eigenvalue weighted by Gasteiger charge is -2.10. The summed E-state index contributed by atoms with van der Waals surface area (Å²) in [6, 6.07) is 6.88. The summed E-state index contributed by atoms with van der Waals surface area (Å²) in [6.07, 6.45) is 0.992. The molecule has 0 saturated carbocycles. The second kappa shape index (κ2) is 6.78. The van der Waals surface area contributed by atoms with E-state index in [-0.39, 0.29) is 12.6 Å². The van der Waals surface area contributed by atoms with E-state index in [0.717, 1.165) is 6.42 Å². The van der Waals surface area contributed by atoms with E-state index >= 15 is 0 Å². The van der Waals surface area contributed by atoms with Gasteiger partial charge in [0.15, 0.2) is 6.61 Å². The van der Waals surface area contributed by atoms with Crippen LogP contribution in [0.1, 0.15) is 20.3 Å². The monoisotopic (exact) mass is 237 g/mol. The molecule has 0 aliphatic carbocycles. The van der Waals surface area contributed by atoms with Crippen molar-refractivity contribution in [1.82, 2.24) is 0 Å². The predicted octanol–water partition coefficient (Wildman–Crippen LogP) is 2.24. The van der Waals surface area contributed by atoms with Gasteiger partial charge in [-0.25, -0.2) is 4.79 Å². The van der Waals surface area contributed by atoms with Gasteiger partial charge < -0.3 is 15.2 Å². The van der Waals surface area contributed by atoms with Crippen LogP contribution in [0.15, 0.2) is 24.3 Å². The Morgan fingerprint density at radius 2 is 2.00 bits per heavy atom. The van der Waals surface area contributed by atoms with Crippen LogP contribution in [-0.4, -0.2) is 19.2 Å². The molecule has 0 amide bonds. The Morgan fingerprint density at radius 1 is 1.35 bits per heavy atom. The fourth-order valence-electron chi connectivity index (χ4n) is 1.10. The lowest BCUT2D eigenvalue weighted by Crippen LogP contribution is -2.18. The molecule has 0 saturated heterocycles. The highest BCUT2D eigenvalue weighted by Gasteiger charge is 2.06. The molecule has 0 bridgehead atoms. The Hall–Kier alpha value is -1.71. The predicted molar refractivity (Wildman–Crippen MR) is 66.8 cm³/mol. The number of rotatable bonds is 6. The Labute approximate surface area is 102 Å². The summed E-state index contributed by atoms with van der Waals surface area (Å²) in [6.45, 7) is 4.47. The molecule has 0 radical (unpaired) electrons. The molecular formula is C13H19NO3. The highest BCUT2D eigenvalue weighted by atomic mass is 16.6. The number of carbonyl (C=O) groups is 1. The molecule has 0 spiro atoms. The molecule has 1 aromatic rings. The highest BCUT2D eigenvalue weighted by molar-refractivity contribution is 5.71. The first-order chi connectivity index (χ1) is 8.11. The zero-order valence-corrected chi connectivity index (χ0v) is 10.3. The molecule has 17 heavy (non-hydrogen) atoms. The van der Waals surface area contributed by atoms with E-state index in [0.29, 0.717) is 24.0 Å². The van der Waals surface area contributed by atoms with Crippen molar-refractivity contribution in [3.8, 4) is 5.75 Å². The number of hydrogen-bond acceptors (Lipinski definition) is 4. The van der Waals surface area contributed by atoms with Crippen LogP contribution in [-0.2, 0) is 9.53 Å². The third-order valence-corrected chi connectivity index (χ3v) is 2.46. The van der Waals surface area contributed by atoms with E-state index < -0.39 is 0 Å². The molecular weight excluding hydrogens is 218 g/mol. The maximum atomic E-state index is 11.3. The number of nitrogens with two attached hydrogens (primary N) is 1. The van der Waals surface area contributed by atoms with E-state index in [1.165, 1.54) is 0 Å². The van der Waals surface area contributed by atoms with Gasteiger partial charge in [0.25, 0.3) is 0 Å². The number of ether oxygens (including phenoxy) is 2. The lowest BCUT2D eigenvalue weighted by molar-refractivity contribution is -0.147. The van der Waals surface area contributed by atoms with Gasteiger partial charge in [0.2, 0.25) is 0 Å². The molecule has 4 heteroatoms. The van der Waals surface area contributed by atoms with Crippen LogP contribution in [0, 0.1) is 5.92 Å². The highest BCUT2D eigenvalue weighted by Crippen LogP contribution is 2.12. The molecule has 1 unspecified atom stereocenters. The van der Waals surface area contributed by atoms with Gasteiger partial charge >= 0.3 is 5.97 Å². The molecule has 1 aromatic carbocycles. The van der Waals surface area contributed by atoms with Gasteiger partial charge in [0.05, 0.1) is 6.61 Å². The third-order valence-electron chi connectivity index (χ3n) is 2.46. The number of carbonyl (C=O) groups excluding carboxylic acids is 1. The van der Waals surface area contributed by atoms with Crippen molar-refractivity contribution in [3.05, 3.63) is 24.3 Å². The zero-order chi connectivity index (χ0) is 12.7. The lowest BCUT2D eigenvalue weighted by atomic mass is 10.1. The third kappa shape index (κ3) is 5.24. The summed E-state index contributed by atoms with van der Waals surface area (Å²) in [7, 11) is 0. The van der Waals surface area contributed by atoms with Gasteiger partial charge in [-0.3, -0.25) is 0 Å². The van der Waals surface area contributed by atoms with Crippen LogP contribution < -0.4 is 10.5 Å². The second-order valence-electron chi connectivity index (χ2n) is 4.05. The maximum absolute atomic E-state index is 11.3. The minimum atomic E-state index is -0.345. The number of nitrogen functional groups attached to an aromatic ring is 1. The maximum Gasteiger partial charge on any atom is 0.344 e. The van der Waals surface area contributed by atoms with Crippen LogP contribution in [0.3, 0.4) is 0 Å². The first-order valence-electron chi connectivity index (χ1n) is 5.75. The minimum absolute atomic E-state index is 0.0691. The van der Waals surface area contributed by atoms with Crippen molar-refractivity contribution < 1.29 is 14.3 Å². The number of esters is 1. The Bertz CT molecular complexity index is 348. The molecule has 0 fully saturated rings. The smallest absolute Gasteiger partial charge is 0.344 e. The van der Waals surface area contributed by atoms with Crippen LogP contribution in [0.4, 0.5) is 5.69 Å². The van der Waals surface area contributed by atoms with Crippen molar-refractivity contribution in [2.75, 3.05) is 18.9 Å². The zero-order valence-electron chi connectivity index (χ0n) is 10.3. The van der Waals surface area contributed by atoms with Gasteiger partial charge in [-0.05, 0) is 30.2 Å². The quantitative estimate of drug-likeness (QED) is 0.609. The number of hydrogen-bond donors (Lipinski definition) is 1. The van der Waals surface area contributed by atoms with Crippen molar-refractivity contribution >= 4 is 11.7 Å². The Morgan fingerprint density at radius 3 is 2.59 bits per heavy atom. The summed E-state index contributed by atoms with van der Waals surface area (Å²) >= 11 is 0. The topological polar surface area (TPSA) is 61.5 Å². The SMILES string of the molecule is CCC(C)COC(=O)COc1ccc(N)cc1. The molecule has 1 rings (SSSR count). The first kappa shape index (κ1) is 13.4. The van der Waals surface area contributed by atoms with Crippen LogP contribution >= 0.6 is 0 Å². The van der Waals surface area contributed by atoms with Crippen molar-refractivity contribution in [3.63, 3.8) is 0 Å². The molecule has 1 atom stereocenters. The average Bonchev–Trinajstić information content (AvgIpc) is 2.35. The molecule has 0 aliphatic rings. The first-order valence-corrected chi connectivity index (χ1v) is 5.75. The molecule has 0 aliphatic heterocycles. The van der Waals surface area contributed by atoms with E-state index in [1.807, 2.05) is 6.92 Å². The number of anilines is 1. The van der Waals surface area contributed by atoms with E-state index in [1.54, 1.807) is 24.3 Å². The van der Waals surface area contributed by atoms with E-state index in [2.05, 4.69) is 6.92 Å². The number of benzene rings is 1. The minimum Gasteiger partial charge on any atom is -0.482 e. The van der Waals surface area contributed by atoms with Crippen LogP contribution in [0.2, 0.25) is 0 Å². The Balaban J connectivity index is 2.26. The van der Waals surface area contributed by atoms with Gasteiger partial charge in [-0.1, -0.05) is 20.3 Å². The average molecular weight is 237 g/mol. The standard InChI is InChI=1S/C13H19NO3/c1-3-10(2)8-17-13(15)9-16-12-6-4-11(14)5-7-12/h4-7,10H,3,8-9,14H2,1-2H3. The van der Waals surface area contributed by atoms with Crippen LogP contribution in [0.25, 0.3) is 0 Å².